The van der Waals surface area contributed by atoms with Gasteiger partial charge in [-0.05, 0) is 150 Å². The molecule has 1 heterocycles. The number of amides is 1. The first-order valence-corrected chi connectivity index (χ1v) is 20.7. The van der Waals surface area contributed by atoms with Gasteiger partial charge in [-0.1, -0.05) is 46.8 Å². The molecule has 0 unspecified atom stereocenters. The van der Waals surface area contributed by atoms with Crippen molar-refractivity contribution in [1.82, 2.24) is 9.80 Å². The van der Waals surface area contributed by atoms with Gasteiger partial charge < -0.3 is 14.7 Å². The van der Waals surface area contributed by atoms with Crippen molar-refractivity contribution >= 4 is 17.8 Å². The molecule has 288 valence electrons. The highest BCUT2D eigenvalue weighted by atomic mass is 16.5. The summed E-state index contributed by atoms with van der Waals surface area (Å²) in [5, 5.41) is 9.62. The van der Waals surface area contributed by atoms with Gasteiger partial charge in [-0.25, -0.2) is 0 Å². The lowest BCUT2D eigenvalue weighted by Gasteiger charge is -2.73. The van der Waals surface area contributed by atoms with E-state index in [1.165, 1.54) is 37.7 Å². The molecule has 10 atom stereocenters. The van der Waals surface area contributed by atoms with Crippen LogP contribution in [0.2, 0.25) is 0 Å². The molecule has 0 aromatic rings. The molecule has 1 amide bonds. The number of carboxylic acids is 1. The number of allylic oxidation sites excluding steroid dienone is 1. The molecule has 6 aliphatic rings. The highest BCUT2D eigenvalue weighted by molar-refractivity contribution is 5.81. The second kappa shape index (κ2) is 13.1. The highest BCUT2D eigenvalue weighted by Gasteiger charge is 2.71. The Morgan fingerprint density at radius 2 is 1.51 bits per heavy atom. The van der Waals surface area contributed by atoms with Crippen LogP contribution in [0.25, 0.3) is 0 Å². The molecule has 6 rings (SSSR count). The molecule has 5 aliphatic carbocycles. The van der Waals surface area contributed by atoms with Crippen molar-refractivity contribution < 1.29 is 24.2 Å². The van der Waals surface area contributed by atoms with Crippen LogP contribution in [-0.4, -0.2) is 71.1 Å². The van der Waals surface area contributed by atoms with Gasteiger partial charge in [0.1, 0.15) is 6.10 Å². The lowest BCUT2D eigenvalue weighted by atomic mass is 9.32. The van der Waals surface area contributed by atoms with E-state index in [4.69, 9.17) is 4.74 Å². The molecule has 1 aliphatic heterocycles. The number of carboxylic acid groups (broad SMARTS) is 1. The molecule has 0 radical (unpaired) electrons. The van der Waals surface area contributed by atoms with E-state index in [-0.39, 0.29) is 45.6 Å². The maximum atomic E-state index is 14.2. The Balaban J connectivity index is 1.23. The van der Waals surface area contributed by atoms with Gasteiger partial charge in [-0.2, -0.15) is 0 Å². The first-order valence-electron chi connectivity index (χ1n) is 20.7. The molecule has 7 nitrogen and oxygen atoms in total. The summed E-state index contributed by atoms with van der Waals surface area (Å²) in [6.07, 6.45) is 11.8. The number of hydrogen-bond donors (Lipinski definition) is 1. The standard InChI is InChI=1S/C44H72N2O5/c1-28(2)30-14-19-44(26-35(47)46-24-22-45(23-25-46)29(3)4)21-20-42(10)31(37(30)44)12-13-33-41(9)17-16-34(51-36(48)27-39(5,6)38(49)50)40(7,8)32(41)15-18-43(33,42)11/h29-34,37H,1,12-27H2,2-11H3,(H,49,50)/t30-,31+,32-,33+,34-,37+,41-,42+,43+,44+/m0/s1. The molecule has 0 aromatic carbocycles. The van der Waals surface area contributed by atoms with Crippen molar-refractivity contribution in [3.05, 3.63) is 12.2 Å². The molecular formula is C44H72N2O5. The van der Waals surface area contributed by atoms with E-state index in [1.54, 1.807) is 13.8 Å². The highest BCUT2D eigenvalue weighted by Crippen LogP contribution is 2.78. The number of hydrogen-bond acceptors (Lipinski definition) is 5. The molecule has 7 heteroatoms. The number of ether oxygens (including phenoxy) is 1. The van der Waals surface area contributed by atoms with Crippen LogP contribution in [0.4, 0.5) is 0 Å². The summed E-state index contributed by atoms with van der Waals surface area (Å²) >= 11 is 0. The number of aliphatic carboxylic acids is 1. The number of rotatable bonds is 8. The number of piperazine rings is 1. The summed E-state index contributed by atoms with van der Waals surface area (Å²) in [6.45, 7) is 30.8. The first-order chi connectivity index (χ1) is 23.6. The molecule has 0 aromatic heterocycles. The predicted octanol–water partition coefficient (Wildman–Crippen LogP) is 9.00. The zero-order valence-corrected chi connectivity index (χ0v) is 34.0. The van der Waals surface area contributed by atoms with E-state index in [2.05, 4.69) is 71.8 Å². The smallest absolute Gasteiger partial charge is 0.309 e. The summed E-state index contributed by atoms with van der Waals surface area (Å²) in [6, 6.07) is 0.531. The van der Waals surface area contributed by atoms with Gasteiger partial charge in [-0.15, -0.1) is 0 Å². The predicted molar refractivity (Wildman–Crippen MR) is 203 cm³/mol. The number of esters is 1. The largest absolute Gasteiger partial charge is 0.481 e. The van der Waals surface area contributed by atoms with E-state index in [9.17, 15) is 19.5 Å². The van der Waals surface area contributed by atoms with Crippen molar-refractivity contribution in [2.45, 2.75) is 158 Å². The molecule has 1 saturated heterocycles. The van der Waals surface area contributed by atoms with Gasteiger partial charge in [0.05, 0.1) is 11.8 Å². The molecule has 0 spiro atoms. The Hall–Kier alpha value is -1.89. The third-order valence-corrected chi connectivity index (χ3v) is 17.5. The average Bonchev–Trinajstić information content (AvgIpc) is 3.42. The van der Waals surface area contributed by atoms with E-state index in [1.807, 2.05) is 0 Å². The van der Waals surface area contributed by atoms with Gasteiger partial charge in [0.25, 0.3) is 0 Å². The summed E-state index contributed by atoms with van der Waals surface area (Å²) in [5.74, 6) is 1.71. The van der Waals surface area contributed by atoms with Crippen LogP contribution in [0.3, 0.4) is 0 Å². The third-order valence-electron chi connectivity index (χ3n) is 17.5. The zero-order valence-electron chi connectivity index (χ0n) is 34.0. The zero-order chi connectivity index (χ0) is 37.5. The van der Waals surface area contributed by atoms with Crippen LogP contribution >= 0.6 is 0 Å². The molecule has 51 heavy (non-hydrogen) atoms. The molecule has 5 saturated carbocycles. The average molecular weight is 709 g/mol. The lowest BCUT2D eigenvalue weighted by Crippen LogP contribution is -2.67. The normalized spacial score (nSPS) is 42.3. The fraction of sp³-hybridized carbons (Fsp3) is 0.886. The van der Waals surface area contributed by atoms with Gasteiger partial charge in [0.2, 0.25) is 5.91 Å². The SMILES string of the molecule is C=C(C)[C@@H]1CC[C@]2(CC(=O)N3CCN(C(C)C)CC3)CC[C@]3(C)[C@H](CC[C@@H]4[C@@]5(C)CC[C@H](OC(=O)CC(C)(C)C(=O)O)C(C)(C)[C@@H]5CC[C@]43C)[C@@H]12. The van der Waals surface area contributed by atoms with E-state index < -0.39 is 11.4 Å². The van der Waals surface area contributed by atoms with Crippen molar-refractivity contribution in [1.29, 1.82) is 0 Å². The maximum absolute atomic E-state index is 14.2. The van der Waals surface area contributed by atoms with Gasteiger partial charge in [0, 0.05) is 44.1 Å². The summed E-state index contributed by atoms with van der Waals surface area (Å²) in [4.78, 5) is 43.7. The molecular weight excluding hydrogens is 636 g/mol. The quantitative estimate of drug-likeness (QED) is 0.200. The molecule has 0 bridgehead atoms. The van der Waals surface area contributed by atoms with Crippen LogP contribution in [0.1, 0.15) is 146 Å². The van der Waals surface area contributed by atoms with E-state index in [0.29, 0.717) is 48.0 Å². The number of carbonyl (C=O) groups is 3. The lowest BCUT2D eigenvalue weighted by molar-refractivity contribution is -0.250. The van der Waals surface area contributed by atoms with Crippen molar-refractivity contribution in [3.8, 4) is 0 Å². The second-order valence-electron chi connectivity index (χ2n) is 20.9. The minimum atomic E-state index is -1.14. The Labute approximate surface area is 310 Å². The Bertz CT molecular complexity index is 1400. The van der Waals surface area contributed by atoms with E-state index >= 15 is 0 Å². The monoisotopic (exact) mass is 709 g/mol. The van der Waals surface area contributed by atoms with Gasteiger partial charge >= 0.3 is 11.9 Å². The van der Waals surface area contributed by atoms with Crippen LogP contribution in [0.5, 0.6) is 0 Å². The third kappa shape index (κ3) is 6.14. The Kier molecular flexibility index (Phi) is 10.0. The summed E-state index contributed by atoms with van der Waals surface area (Å²) in [7, 11) is 0. The maximum Gasteiger partial charge on any atom is 0.309 e. The van der Waals surface area contributed by atoms with Crippen molar-refractivity contribution in [2.75, 3.05) is 26.2 Å². The number of carbonyl (C=O) groups excluding carboxylic acids is 2. The fourth-order valence-corrected chi connectivity index (χ4v) is 14.3. The second-order valence-corrected chi connectivity index (χ2v) is 20.9. The molecule has 1 N–H and O–H groups in total. The Morgan fingerprint density at radius 1 is 0.843 bits per heavy atom. The van der Waals surface area contributed by atoms with Gasteiger partial charge in [0.15, 0.2) is 0 Å². The van der Waals surface area contributed by atoms with Gasteiger partial charge in [-0.3, -0.25) is 19.3 Å². The van der Waals surface area contributed by atoms with Crippen LogP contribution in [-0.2, 0) is 19.1 Å². The topological polar surface area (TPSA) is 87.2 Å². The fourth-order valence-electron chi connectivity index (χ4n) is 14.3. The van der Waals surface area contributed by atoms with Crippen molar-refractivity contribution in [2.24, 2.45) is 62.1 Å². The van der Waals surface area contributed by atoms with Crippen LogP contribution in [0.15, 0.2) is 12.2 Å². The summed E-state index contributed by atoms with van der Waals surface area (Å²) < 4.78 is 6.19. The minimum Gasteiger partial charge on any atom is -0.481 e. The van der Waals surface area contributed by atoms with Crippen LogP contribution < -0.4 is 0 Å². The first kappa shape index (κ1) is 38.8. The van der Waals surface area contributed by atoms with Crippen LogP contribution in [0, 0.1) is 62.1 Å². The summed E-state index contributed by atoms with van der Waals surface area (Å²) in [5.41, 5.74) is 0.655. The van der Waals surface area contributed by atoms with E-state index in [0.717, 1.165) is 58.3 Å². The number of fused-ring (bicyclic) bond motifs is 7. The number of nitrogens with zero attached hydrogens (tertiary/aromatic N) is 2. The van der Waals surface area contributed by atoms with Crippen molar-refractivity contribution in [3.63, 3.8) is 0 Å². The Morgan fingerprint density at radius 3 is 2.12 bits per heavy atom. The minimum absolute atomic E-state index is 0.0868. The molecule has 6 fully saturated rings.